The van der Waals surface area contributed by atoms with Crippen LogP contribution in [0.25, 0.3) is 21.9 Å². The van der Waals surface area contributed by atoms with E-state index in [4.69, 9.17) is 8.83 Å². The number of aryl methyl sites for hydroxylation is 3. The lowest BCUT2D eigenvalue weighted by Crippen LogP contribution is -2.18. The SMILES string of the molecule is Cc1cccc(NC(=O)c2oc3ccccc3c2NC(=O)Cc2coc3c(C)c(C)ccc23)c1. The van der Waals surface area contributed by atoms with Crippen molar-refractivity contribution < 1.29 is 18.4 Å². The molecule has 6 heteroatoms. The topological polar surface area (TPSA) is 84.5 Å². The van der Waals surface area contributed by atoms with E-state index in [9.17, 15) is 9.59 Å². The fourth-order valence-electron chi connectivity index (χ4n) is 4.12. The molecule has 170 valence electrons. The summed E-state index contributed by atoms with van der Waals surface area (Å²) in [4.78, 5) is 26.2. The minimum atomic E-state index is -0.433. The van der Waals surface area contributed by atoms with Crippen LogP contribution in [0.4, 0.5) is 11.4 Å². The fraction of sp³-hybridized carbons (Fsp3) is 0.143. The number of anilines is 2. The number of furan rings is 2. The highest BCUT2D eigenvalue weighted by atomic mass is 16.3. The van der Waals surface area contributed by atoms with E-state index in [-0.39, 0.29) is 18.1 Å². The summed E-state index contributed by atoms with van der Waals surface area (Å²) in [6.45, 7) is 5.98. The van der Waals surface area contributed by atoms with Crippen molar-refractivity contribution in [2.75, 3.05) is 10.6 Å². The Labute approximate surface area is 196 Å². The van der Waals surface area contributed by atoms with Crippen LogP contribution in [-0.4, -0.2) is 11.8 Å². The van der Waals surface area contributed by atoms with E-state index in [1.165, 1.54) is 0 Å². The Kier molecular flexibility index (Phi) is 5.42. The molecule has 0 unspecified atom stereocenters. The summed E-state index contributed by atoms with van der Waals surface area (Å²) < 4.78 is 11.6. The molecular weight excluding hydrogens is 428 g/mol. The summed E-state index contributed by atoms with van der Waals surface area (Å²) in [7, 11) is 0. The minimum Gasteiger partial charge on any atom is -0.464 e. The molecule has 2 aromatic heterocycles. The van der Waals surface area contributed by atoms with Gasteiger partial charge in [-0.05, 0) is 61.7 Å². The number of benzene rings is 3. The molecule has 2 heterocycles. The Morgan fingerprint density at radius 3 is 2.53 bits per heavy atom. The fourth-order valence-corrected chi connectivity index (χ4v) is 4.12. The molecule has 34 heavy (non-hydrogen) atoms. The number of carbonyl (C=O) groups excluding carboxylic acids is 2. The molecule has 0 saturated carbocycles. The highest BCUT2D eigenvalue weighted by Crippen LogP contribution is 2.32. The molecule has 2 N–H and O–H groups in total. The second-order valence-corrected chi connectivity index (χ2v) is 8.50. The van der Waals surface area contributed by atoms with E-state index in [1.807, 2.05) is 69.3 Å². The molecular formula is C28H24N2O4. The smallest absolute Gasteiger partial charge is 0.293 e. The van der Waals surface area contributed by atoms with Gasteiger partial charge in [-0.25, -0.2) is 0 Å². The van der Waals surface area contributed by atoms with Crippen molar-refractivity contribution in [3.8, 4) is 0 Å². The Hall–Kier alpha value is -4.32. The Morgan fingerprint density at radius 1 is 0.882 bits per heavy atom. The van der Waals surface area contributed by atoms with Crippen LogP contribution in [-0.2, 0) is 11.2 Å². The lowest BCUT2D eigenvalue weighted by Gasteiger charge is -2.08. The number of carbonyl (C=O) groups is 2. The monoisotopic (exact) mass is 452 g/mol. The molecule has 2 amide bonds. The Bertz CT molecular complexity index is 1560. The number of amides is 2. The maximum Gasteiger partial charge on any atom is 0.293 e. The van der Waals surface area contributed by atoms with Gasteiger partial charge in [0.1, 0.15) is 16.9 Å². The number of para-hydroxylation sites is 1. The van der Waals surface area contributed by atoms with E-state index in [2.05, 4.69) is 10.6 Å². The third kappa shape index (κ3) is 3.94. The first-order chi connectivity index (χ1) is 16.4. The quantitative estimate of drug-likeness (QED) is 0.317. The van der Waals surface area contributed by atoms with E-state index in [1.54, 1.807) is 18.4 Å². The van der Waals surface area contributed by atoms with Crippen molar-refractivity contribution in [3.05, 3.63) is 94.9 Å². The first-order valence-corrected chi connectivity index (χ1v) is 11.1. The zero-order chi connectivity index (χ0) is 23.8. The van der Waals surface area contributed by atoms with Crippen molar-refractivity contribution in [1.29, 1.82) is 0 Å². The van der Waals surface area contributed by atoms with Gasteiger partial charge in [-0.3, -0.25) is 9.59 Å². The van der Waals surface area contributed by atoms with Gasteiger partial charge in [-0.1, -0.05) is 36.4 Å². The van der Waals surface area contributed by atoms with Gasteiger partial charge < -0.3 is 19.5 Å². The van der Waals surface area contributed by atoms with Crippen LogP contribution < -0.4 is 10.6 Å². The van der Waals surface area contributed by atoms with Crippen LogP contribution in [0, 0.1) is 20.8 Å². The highest BCUT2D eigenvalue weighted by molar-refractivity contribution is 6.14. The summed E-state index contributed by atoms with van der Waals surface area (Å²) >= 11 is 0. The number of hydrogen-bond acceptors (Lipinski definition) is 4. The molecule has 3 aromatic carbocycles. The van der Waals surface area contributed by atoms with Crippen LogP contribution in [0.15, 0.2) is 75.8 Å². The molecule has 0 radical (unpaired) electrons. The van der Waals surface area contributed by atoms with Gasteiger partial charge >= 0.3 is 0 Å². The van der Waals surface area contributed by atoms with E-state index < -0.39 is 5.91 Å². The summed E-state index contributed by atoms with van der Waals surface area (Å²) in [5.41, 5.74) is 6.31. The number of fused-ring (bicyclic) bond motifs is 2. The normalized spacial score (nSPS) is 11.1. The third-order valence-electron chi connectivity index (χ3n) is 6.03. The molecule has 5 aromatic rings. The van der Waals surface area contributed by atoms with Gasteiger partial charge in [0, 0.05) is 22.0 Å². The molecule has 6 nitrogen and oxygen atoms in total. The second-order valence-electron chi connectivity index (χ2n) is 8.50. The molecule has 0 aliphatic heterocycles. The predicted octanol–water partition coefficient (Wildman–Crippen LogP) is 6.54. The van der Waals surface area contributed by atoms with E-state index >= 15 is 0 Å². The van der Waals surface area contributed by atoms with Crippen molar-refractivity contribution >= 4 is 45.1 Å². The molecule has 0 bridgehead atoms. The van der Waals surface area contributed by atoms with Crippen LogP contribution >= 0.6 is 0 Å². The minimum absolute atomic E-state index is 0.0552. The van der Waals surface area contributed by atoms with E-state index in [0.717, 1.165) is 33.2 Å². The summed E-state index contributed by atoms with van der Waals surface area (Å²) in [6.07, 6.45) is 1.73. The number of nitrogens with one attached hydrogen (secondary N) is 2. The summed E-state index contributed by atoms with van der Waals surface area (Å²) in [6, 6.07) is 18.7. The van der Waals surface area contributed by atoms with Gasteiger partial charge in [-0.15, -0.1) is 0 Å². The average Bonchev–Trinajstić information content (AvgIpc) is 3.38. The third-order valence-corrected chi connectivity index (χ3v) is 6.03. The average molecular weight is 453 g/mol. The second kappa shape index (κ2) is 8.56. The van der Waals surface area contributed by atoms with Crippen molar-refractivity contribution in [3.63, 3.8) is 0 Å². The first-order valence-electron chi connectivity index (χ1n) is 11.1. The number of hydrogen-bond donors (Lipinski definition) is 2. The first kappa shape index (κ1) is 21.5. The maximum absolute atomic E-state index is 13.1. The summed E-state index contributed by atoms with van der Waals surface area (Å²) in [5, 5.41) is 7.33. The van der Waals surface area contributed by atoms with Crippen molar-refractivity contribution in [2.24, 2.45) is 0 Å². The zero-order valence-corrected chi connectivity index (χ0v) is 19.2. The molecule has 0 atom stereocenters. The molecule has 0 fully saturated rings. The van der Waals surface area contributed by atoms with Gasteiger partial charge in [0.25, 0.3) is 5.91 Å². The van der Waals surface area contributed by atoms with E-state index in [0.29, 0.717) is 22.3 Å². The zero-order valence-electron chi connectivity index (χ0n) is 19.2. The predicted molar refractivity (Wildman–Crippen MR) is 133 cm³/mol. The van der Waals surface area contributed by atoms with Crippen LogP contribution in [0.2, 0.25) is 0 Å². The Morgan fingerprint density at radius 2 is 1.71 bits per heavy atom. The molecule has 0 aliphatic carbocycles. The van der Waals surface area contributed by atoms with Crippen molar-refractivity contribution in [2.45, 2.75) is 27.2 Å². The maximum atomic E-state index is 13.1. The molecule has 0 saturated heterocycles. The standard InChI is InChI=1S/C28H24N2O4/c1-16-7-6-8-20(13-16)29-28(32)27-25(22-9-4-5-10-23(22)34-27)30-24(31)14-19-15-33-26-18(3)17(2)11-12-21(19)26/h4-13,15H,14H2,1-3H3,(H,29,32)(H,30,31). The lowest BCUT2D eigenvalue weighted by atomic mass is 10.0. The molecule has 5 rings (SSSR count). The lowest BCUT2D eigenvalue weighted by molar-refractivity contribution is -0.115. The van der Waals surface area contributed by atoms with Gasteiger partial charge in [0.15, 0.2) is 0 Å². The summed E-state index contributed by atoms with van der Waals surface area (Å²) in [5.74, 6) is -0.645. The van der Waals surface area contributed by atoms with Crippen LogP contribution in [0.1, 0.15) is 32.8 Å². The van der Waals surface area contributed by atoms with Crippen molar-refractivity contribution in [1.82, 2.24) is 0 Å². The van der Waals surface area contributed by atoms with Crippen LogP contribution in [0.5, 0.6) is 0 Å². The number of rotatable bonds is 5. The van der Waals surface area contributed by atoms with Gasteiger partial charge in [-0.2, -0.15) is 0 Å². The van der Waals surface area contributed by atoms with Gasteiger partial charge in [0.2, 0.25) is 11.7 Å². The Balaban J connectivity index is 1.44. The molecule has 0 aliphatic rings. The highest BCUT2D eigenvalue weighted by Gasteiger charge is 2.23. The van der Waals surface area contributed by atoms with Crippen LogP contribution in [0.3, 0.4) is 0 Å². The molecule has 0 spiro atoms. The largest absolute Gasteiger partial charge is 0.464 e. The van der Waals surface area contributed by atoms with Gasteiger partial charge in [0.05, 0.1) is 12.7 Å².